The number of rotatable bonds is 4. The first-order valence-electron chi connectivity index (χ1n) is 8.35. The molecule has 0 aliphatic carbocycles. The molecule has 0 saturated heterocycles. The van der Waals surface area contributed by atoms with Crippen LogP contribution in [0.5, 0.6) is 5.75 Å². The minimum absolute atomic E-state index is 0.721. The molecule has 0 spiro atoms. The predicted molar refractivity (Wildman–Crippen MR) is 99.0 cm³/mol. The summed E-state index contributed by atoms with van der Waals surface area (Å²) in [6, 6.07) is 15.9. The Balaban J connectivity index is 1.47. The Hall–Kier alpha value is -3.27. The van der Waals surface area contributed by atoms with E-state index in [1.807, 2.05) is 72.8 Å². The summed E-state index contributed by atoms with van der Waals surface area (Å²) in [7, 11) is 0. The van der Waals surface area contributed by atoms with Crippen LogP contribution in [0.2, 0.25) is 0 Å². The highest BCUT2D eigenvalue weighted by Crippen LogP contribution is 2.32. The number of hydrogen-bond acceptors (Lipinski definition) is 3. The van der Waals surface area contributed by atoms with Gasteiger partial charge in [-0.25, -0.2) is 0 Å². The molecule has 25 heavy (non-hydrogen) atoms. The third-order valence-electron chi connectivity index (χ3n) is 4.03. The van der Waals surface area contributed by atoms with Gasteiger partial charge >= 0.3 is 5.89 Å². The van der Waals surface area contributed by atoms with Gasteiger partial charge in [-0.3, -0.25) is 0 Å². The van der Waals surface area contributed by atoms with Crippen LogP contribution in [-0.2, 0) is 6.54 Å². The monoisotopic (exact) mass is 331 g/mol. The first-order valence-corrected chi connectivity index (χ1v) is 8.35. The van der Waals surface area contributed by atoms with Crippen molar-refractivity contribution in [3.63, 3.8) is 0 Å². The topological polar surface area (TPSA) is 38.3 Å². The number of oxazole rings is 1. The average molecular weight is 331 g/mol. The summed E-state index contributed by atoms with van der Waals surface area (Å²) in [6.45, 7) is 2.97. The fourth-order valence-corrected chi connectivity index (χ4v) is 2.86. The fraction of sp³-hybridized carbons (Fsp3) is 0.0952. The van der Waals surface area contributed by atoms with Crippen molar-refractivity contribution in [2.75, 3.05) is 5.32 Å². The number of nitrogens with one attached hydrogen (secondary N) is 1. The zero-order valence-corrected chi connectivity index (χ0v) is 14.0. The summed E-state index contributed by atoms with van der Waals surface area (Å²) in [5.41, 5.74) is 3.00. The zero-order chi connectivity index (χ0) is 17.1. The molecule has 2 aromatic carbocycles. The predicted octanol–water partition coefficient (Wildman–Crippen LogP) is 4.66. The lowest BCUT2D eigenvalue weighted by Gasteiger charge is -1.94. The number of hydrogen-bond donors (Lipinski definition) is 1. The standard InChI is InChI=1S/C21H18N2O2/c1-2-23-17-11-7-9-13-19(17)25-21(23)15-5-3-4-14-20-22-16-10-6-8-12-18(16)24-20/h3-15H,2H2,1H3/p+1. The van der Waals surface area contributed by atoms with Crippen LogP contribution < -0.4 is 14.6 Å². The molecule has 0 amide bonds. The van der Waals surface area contributed by atoms with E-state index in [1.165, 1.54) is 0 Å². The Morgan fingerprint density at radius 2 is 1.84 bits per heavy atom. The van der Waals surface area contributed by atoms with Gasteiger partial charge in [0.25, 0.3) is 5.52 Å². The lowest BCUT2D eigenvalue weighted by atomic mass is 10.3. The van der Waals surface area contributed by atoms with Crippen molar-refractivity contribution in [2.45, 2.75) is 13.5 Å². The summed E-state index contributed by atoms with van der Waals surface area (Å²) in [5, 5.41) is 3.22. The number of para-hydroxylation sites is 4. The van der Waals surface area contributed by atoms with Gasteiger partial charge in [-0.2, -0.15) is 4.57 Å². The van der Waals surface area contributed by atoms with E-state index in [2.05, 4.69) is 22.9 Å². The van der Waals surface area contributed by atoms with Gasteiger partial charge in [-0.1, -0.05) is 42.5 Å². The summed E-state index contributed by atoms with van der Waals surface area (Å²) in [5.74, 6) is 2.41. The summed E-state index contributed by atoms with van der Waals surface area (Å²) in [4.78, 5) is 0. The molecule has 1 N–H and O–H groups in total. The van der Waals surface area contributed by atoms with Crippen molar-refractivity contribution in [3.8, 4) is 5.75 Å². The van der Waals surface area contributed by atoms with E-state index >= 15 is 0 Å². The maximum absolute atomic E-state index is 5.90. The lowest BCUT2D eigenvalue weighted by molar-refractivity contribution is -0.674. The Bertz CT molecular complexity index is 969. The average Bonchev–Trinajstić information content (AvgIpc) is 3.21. The van der Waals surface area contributed by atoms with Crippen LogP contribution in [-0.4, -0.2) is 0 Å². The number of nitrogens with zero attached hydrogens (tertiary/aromatic N) is 1. The van der Waals surface area contributed by atoms with E-state index in [0.29, 0.717) is 0 Å². The van der Waals surface area contributed by atoms with E-state index in [0.717, 1.165) is 40.9 Å². The molecule has 1 aliphatic rings. The number of ether oxygens (including phenoxy) is 1. The smallest absolute Gasteiger partial charge is 0.374 e. The molecule has 0 unspecified atom stereocenters. The minimum Gasteiger partial charge on any atom is -0.439 e. The molecule has 2 heterocycles. The maximum atomic E-state index is 5.90. The SMILES string of the molecule is CC[n+]1c(C=CC=CC=C2Nc3ccccc3O2)oc2ccccc21. The van der Waals surface area contributed by atoms with Crippen molar-refractivity contribution < 1.29 is 13.7 Å². The lowest BCUT2D eigenvalue weighted by Crippen LogP contribution is -2.33. The molecular formula is C21H19N2O2+. The van der Waals surface area contributed by atoms with Crippen LogP contribution in [0.3, 0.4) is 0 Å². The summed E-state index contributed by atoms with van der Waals surface area (Å²) >= 11 is 0. The largest absolute Gasteiger partial charge is 0.439 e. The molecule has 124 valence electrons. The number of benzene rings is 2. The van der Waals surface area contributed by atoms with Crippen molar-refractivity contribution >= 4 is 22.9 Å². The third-order valence-corrected chi connectivity index (χ3v) is 4.03. The fourth-order valence-electron chi connectivity index (χ4n) is 2.86. The van der Waals surface area contributed by atoms with Crippen LogP contribution in [0.4, 0.5) is 5.69 Å². The van der Waals surface area contributed by atoms with E-state index in [4.69, 9.17) is 9.15 Å². The van der Waals surface area contributed by atoms with Gasteiger partial charge in [0.2, 0.25) is 5.58 Å². The van der Waals surface area contributed by atoms with Gasteiger partial charge in [0, 0.05) is 6.07 Å². The zero-order valence-electron chi connectivity index (χ0n) is 14.0. The first kappa shape index (κ1) is 15.3. The summed E-state index contributed by atoms with van der Waals surface area (Å²) < 4.78 is 13.8. The molecule has 0 radical (unpaired) electrons. The number of anilines is 1. The van der Waals surface area contributed by atoms with E-state index in [9.17, 15) is 0 Å². The second kappa shape index (κ2) is 6.69. The molecule has 4 nitrogen and oxygen atoms in total. The first-order chi connectivity index (χ1) is 12.3. The maximum Gasteiger partial charge on any atom is 0.374 e. The Morgan fingerprint density at radius 1 is 1.00 bits per heavy atom. The highest BCUT2D eigenvalue weighted by atomic mass is 16.5. The number of allylic oxidation sites excluding steroid dienone is 4. The molecule has 4 heteroatoms. The van der Waals surface area contributed by atoms with Crippen LogP contribution in [0.15, 0.2) is 83.1 Å². The van der Waals surface area contributed by atoms with Crippen LogP contribution in [0.1, 0.15) is 12.8 Å². The molecule has 0 fully saturated rings. The molecule has 4 rings (SSSR count). The highest BCUT2D eigenvalue weighted by molar-refractivity contribution is 5.69. The highest BCUT2D eigenvalue weighted by Gasteiger charge is 2.17. The van der Waals surface area contributed by atoms with Gasteiger partial charge in [-0.05, 0) is 31.2 Å². The Morgan fingerprint density at radius 3 is 2.72 bits per heavy atom. The van der Waals surface area contributed by atoms with Gasteiger partial charge in [0.05, 0.1) is 11.8 Å². The third kappa shape index (κ3) is 3.06. The minimum atomic E-state index is 0.721. The second-order valence-electron chi connectivity index (χ2n) is 5.65. The molecule has 0 saturated carbocycles. The van der Waals surface area contributed by atoms with Gasteiger partial charge in [0.1, 0.15) is 6.54 Å². The van der Waals surface area contributed by atoms with Gasteiger partial charge in [0.15, 0.2) is 11.6 Å². The normalized spacial score (nSPS) is 15.2. The van der Waals surface area contributed by atoms with Crippen molar-refractivity contribution in [2.24, 2.45) is 0 Å². The second-order valence-corrected chi connectivity index (χ2v) is 5.65. The van der Waals surface area contributed by atoms with E-state index in [1.54, 1.807) is 0 Å². The van der Waals surface area contributed by atoms with Crippen LogP contribution >= 0.6 is 0 Å². The van der Waals surface area contributed by atoms with Crippen LogP contribution in [0.25, 0.3) is 17.2 Å². The van der Waals surface area contributed by atoms with E-state index < -0.39 is 0 Å². The van der Waals surface area contributed by atoms with Crippen molar-refractivity contribution in [1.82, 2.24) is 0 Å². The number of aromatic nitrogens is 1. The van der Waals surface area contributed by atoms with Gasteiger partial charge in [-0.15, -0.1) is 0 Å². The number of fused-ring (bicyclic) bond motifs is 2. The van der Waals surface area contributed by atoms with E-state index in [-0.39, 0.29) is 0 Å². The summed E-state index contributed by atoms with van der Waals surface area (Å²) in [6.07, 6.45) is 9.72. The molecule has 1 aliphatic heterocycles. The van der Waals surface area contributed by atoms with Crippen molar-refractivity contribution in [1.29, 1.82) is 0 Å². The number of aryl methyl sites for hydroxylation is 1. The molecule has 1 aromatic heterocycles. The quantitative estimate of drug-likeness (QED) is 0.558. The molecule has 3 aromatic rings. The molecule has 0 atom stereocenters. The Labute approximate surface area is 146 Å². The molecular weight excluding hydrogens is 312 g/mol. The molecule has 0 bridgehead atoms. The van der Waals surface area contributed by atoms with Crippen molar-refractivity contribution in [3.05, 3.63) is 84.6 Å². The van der Waals surface area contributed by atoms with Gasteiger partial charge < -0.3 is 14.5 Å². The van der Waals surface area contributed by atoms with Crippen LogP contribution in [0, 0.1) is 0 Å². The Kier molecular flexibility index (Phi) is 4.09.